The van der Waals surface area contributed by atoms with Crippen molar-refractivity contribution in [2.45, 2.75) is 255 Å². The van der Waals surface area contributed by atoms with Crippen LogP contribution in [0.3, 0.4) is 0 Å². The second kappa shape index (κ2) is 40.9. The lowest BCUT2D eigenvalue weighted by Crippen LogP contribution is -2.45. The molecule has 0 aliphatic carbocycles. The topological polar surface area (TPSA) is 520 Å². The average Bonchev–Trinajstić information content (AvgIpc) is 1.60. The molecular weight excluding hydrogens is 2030 g/mol. The van der Waals surface area contributed by atoms with Crippen molar-refractivity contribution in [1.82, 2.24) is 38.2 Å². The van der Waals surface area contributed by atoms with Gasteiger partial charge in [-0.3, -0.25) is 91.7 Å². The van der Waals surface area contributed by atoms with Gasteiger partial charge in [0.2, 0.25) is 24.9 Å². The third-order valence-corrected chi connectivity index (χ3v) is 30.9. The number of aromatic nitrogens is 8. The van der Waals surface area contributed by atoms with E-state index in [1.54, 1.807) is 110 Å². The summed E-state index contributed by atoms with van der Waals surface area (Å²) in [7, 11) is -16.9. The number of benzene rings is 4. The van der Waals surface area contributed by atoms with E-state index in [2.05, 4.69) is 90.2 Å². The van der Waals surface area contributed by atoms with Crippen molar-refractivity contribution >= 4 is 101 Å². The number of fused-ring (bicyclic) bond motifs is 8. The van der Waals surface area contributed by atoms with Gasteiger partial charge in [0.05, 0.1) is 50.8 Å². The molecule has 788 valence electrons. The van der Waals surface area contributed by atoms with Gasteiger partial charge in [0.15, 0.2) is 24.4 Å². The van der Waals surface area contributed by atoms with Gasteiger partial charge in [0.1, 0.15) is 47.7 Å². The molecule has 8 unspecified atom stereocenters. The molecule has 0 radical (unpaired) electrons. The first-order valence-electron chi connectivity index (χ1n) is 46.4. The summed E-state index contributed by atoms with van der Waals surface area (Å²) in [5.41, 5.74) is 4.72. The monoisotopic (exact) mass is 2130 g/mol. The molecule has 8 saturated heterocycles. The first kappa shape index (κ1) is 107. The van der Waals surface area contributed by atoms with Gasteiger partial charge >= 0.3 is 77.7 Å². The molecule has 8 N–H and O–H groups in total. The molecule has 20 rings (SSSR count). The summed E-state index contributed by atoms with van der Waals surface area (Å²) in [5, 5.41) is 23.2. The minimum atomic E-state index is -4.23. The van der Waals surface area contributed by atoms with Gasteiger partial charge < -0.3 is 61.5 Å². The van der Waals surface area contributed by atoms with Crippen LogP contribution in [0, 0.1) is 0 Å². The first-order valence-corrected chi connectivity index (χ1v) is 52.2. The maximum absolute atomic E-state index is 15.3. The lowest BCUT2D eigenvalue weighted by molar-refractivity contribution is -0.139. The Labute approximate surface area is 826 Å². The van der Waals surface area contributed by atoms with Crippen molar-refractivity contribution in [3.8, 4) is 0 Å². The molecule has 0 bridgehead atoms. The summed E-state index contributed by atoms with van der Waals surface area (Å²) in [5.74, 6) is -17.5. The van der Waals surface area contributed by atoms with E-state index < -0.39 is 226 Å². The number of ether oxygens (including phenoxy) is 4. The minimum absolute atomic E-state index is 0.106. The predicted molar refractivity (Wildman–Crippen MR) is 502 cm³/mol. The van der Waals surface area contributed by atoms with Crippen LogP contribution in [0.4, 0.5) is 81.1 Å². The van der Waals surface area contributed by atoms with E-state index in [9.17, 15) is 56.6 Å². The molecule has 56 heteroatoms. The smallest absolute Gasteiger partial charge is 0.385 e. The summed E-state index contributed by atoms with van der Waals surface area (Å²) in [6.45, 7) is 20.5. The molecule has 44 nitrogen and oxygen atoms in total. The van der Waals surface area contributed by atoms with Gasteiger partial charge in [-0.05, 0) is 229 Å². The number of alkyl halides is 8. The molecule has 4 aromatic heterocycles. The van der Waals surface area contributed by atoms with Gasteiger partial charge in [-0.2, -0.15) is 55.1 Å². The SMILES string of the molecule is CC(C)OP1(=O)OC[C@H]2OC(n3ccc(NC(=O)c4ccc5c(c4)CCCN5)nc3=O)C(F)(F)[C@@H]2O1.CC(C)OP1(=O)OC[C@H]2OC(n3ccc(NC(=O)c4ccc5c(c4)CCN5)nc3=O)C(F)(F)[C@@H]2O1.CC(C)OP1(=O)OC[C@H]2OC(n3ccc(NC(=O)c4ccc5c(c4)NC(C)(C)C5)nc3=O)C(F)(F)[C@@H]2O1.CC(C)OP1(=O)OC[C@H]2OC(n3ccc(NC(=O)c4ccc5c(c4)NC(C)(C)CC5)nc3=O)C(F)(F)[C@@H]2O1. The lowest BCUT2D eigenvalue weighted by Gasteiger charge is -2.34. The Bertz CT molecular complexity index is 6860. The molecule has 16 atom stereocenters. The first-order chi connectivity index (χ1) is 68.6. The number of phosphoric ester groups is 4. The van der Waals surface area contributed by atoms with E-state index >= 15 is 35.1 Å². The Hall–Kier alpha value is -10.8. The Morgan fingerprint density at radius 3 is 0.979 bits per heavy atom. The number of halogens is 8. The predicted octanol–water partition coefficient (Wildman–Crippen LogP) is 14.1. The fourth-order valence-corrected chi connectivity index (χ4v) is 24.1. The van der Waals surface area contributed by atoms with Gasteiger partial charge in [-0.15, -0.1) is 0 Å². The van der Waals surface area contributed by atoms with Crippen LogP contribution in [0.1, 0.15) is 185 Å². The van der Waals surface area contributed by atoms with Crippen LogP contribution in [0.15, 0.2) is 141 Å². The second-order valence-corrected chi connectivity index (χ2v) is 44.5. The number of nitrogens with one attached hydrogen (secondary N) is 8. The lowest BCUT2D eigenvalue weighted by atomic mass is 9.89. The Morgan fingerprint density at radius 2 is 0.658 bits per heavy atom. The second-order valence-electron chi connectivity index (χ2n) is 38.2. The highest BCUT2D eigenvalue weighted by Gasteiger charge is 2.70. The third kappa shape index (κ3) is 22.8. The molecule has 0 saturated carbocycles. The quantitative estimate of drug-likeness (QED) is 0.0259. The number of amides is 4. The molecule has 0 spiro atoms. The molecule has 4 amide bonds. The largest absolute Gasteiger partial charge is 0.475 e. The molecule has 12 aliphatic rings. The normalized spacial score (nSPS) is 29.1. The molecule has 16 heterocycles. The van der Waals surface area contributed by atoms with Crippen molar-refractivity contribution in [3.63, 3.8) is 0 Å². The van der Waals surface area contributed by atoms with E-state index in [0.29, 0.717) is 40.5 Å². The number of phosphoric acid groups is 4. The molecular formula is C90H104F8N16O28P4. The van der Waals surface area contributed by atoms with Crippen LogP contribution in [0.25, 0.3) is 0 Å². The Balaban J connectivity index is 0.000000133. The maximum atomic E-state index is 15.3. The van der Waals surface area contributed by atoms with Crippen LogP contribution < -0.4 is 65.3 Å². The highest BCUT2D eigenvalue weighted by atomic mass is 31.2. The summed E-state index contributed by atoms with van der Waals surface area (Å²) in [6.07, 6.45) is -14.3. The fraction of sp³-hybridized carbons (Fsp3) is 0.511. The maximum Gasteiger partial charge on any atom is 0.475 e. The Morgan fingerprint density at radius 1 is 0.370 bits per heavy atom. The van der Waals surface area contributed by atoms with Crippen LogP contribution in [-0.4, -0.2) is 209 Å². The summed E-state index contributed by atoms with van der Waals surface area (Å²) >= 11 is 0. The molecule has 4 aromatic carbocycles. The number of hydrogen-bond donors (Lipinski definition) is 8. The molecule has 8 aromatic rings. The van der Waals surface area contributed by atoms with Crippen LogP contribution >= 0.6 is 31.3 Å². The summed E-state index contributed by atoms with van der Waals surface area (Å²) in [4.78, 5) is 116. The highest BCUT2D eigenvalue weighted by molar-refractivity contribution is 7.49. The van der Waals surface area contributed by atoms with Gasteiger partial charge in [0.25, 0.3) is 23.6 Å². The van der Waals surface area contributed by atoms with Crippen molar-refractivity contribution in [1.29, 1.82) is 0 Å². The number of aryl methyl sites for hydroxylation is 2. The number of anilines is 8. The number of carbonyl (C=O) groups is 4. The fourth-order valence-electron chi connectivity index (χ4n) is 17.8. The van der Waals surface area contributed by atoms with E-state index in [0.717, 1.165) is 121 Å². The zero-order valence-electron chi connectivity index (χ0n) is 80.1. The van der Waals surface area contributed by atoms with E-state index in [1.165, 1.54) is 24.3 Å². The average molecular weight is 2130 g/mol. The molecule has 12 aliphatic heterocycles. The zero-order chi connectivity index (χ0) is 105. The summed E-state index contributed by atoms with van der Waals surface area (Å²) in [6, 6.07) is 25.7. The summed E-state index contributed by atoms with van der Waals surface area (Å²) < 4.78 is 256. The van der Waals surface area contributed by atoms with Crippen LogP contribution in [-0.2, 0) is 117 Å². The van der Waals surface area contributed by atoms with Crippen molar-refractivity contribution in [2.75, 3.05) is 82.1 Å². The van der Waals surface area contributed by atoms with Crippen molar-refractivity contribution in [2.24, 2.45) is 0 Å². The van der Waals surface area contributed by atoms with Gasteiger partial charge in [0, 0.05) is 94.0 Å². The highest BCUT2D eigenvalue weighted by Crippen LogP contribution is 2.65. The van der Waals surface area contributed by atoms with E-state index in [-0.39, 0.29) is 34.3 Å². The number of nitrogens with zero attached hydrogens (tertiary/aromatic N) is 8. The number of hydrogen-bond acceptors (Lipinski definition) is 36. The van der Waals surface area contributed by atoms with Gasteiger partial charge in [-0.25, -0.2) is 37.4 Å². The van der Waals surface area contributed by atoms with Crippen LogP contribution in [0.5, 0.6) is 0 Å². The molecule has 8 fully saturated rings. The standard InChI is InChI=1S/C24H29F2N4O7P.C23H27F2N4O7P.C22H25F2N4O7P.C21H23F2N4O7P/c1-13(2)36-38(33)34-12-17-19(37-38)24(25,26)21(35-17)30-10-8-18(28-22(30)32)27-20(31)15-6-5-14-7-9-23(3,4)29-16(14)11-15;1-12(2)35-37(32)33-11-16-18(36-37)23(24,25)20(34-16)29-8-7-17(27-21(29)31)26-19(30)13-5-6-14-10-22(3,4)28-15(14)9-13;1-12(2)34-36(31)32-11-16-18(35-36)22(23,24)20(33-16)28-9-7-17(27-21(28)30)26-19(29)14-5-6-15-13(10-14)4-3-8-25-15;1-11(2)33-35(30)31-10-15-17(34-35)21(22,23)19(32-15)27-8-6-16(26-20(27)29)25-18(28)13-3-4-14-12(9-13)5-7-24-14/h5-6,8,10-11,13,17,19,21,29H,7,9,12H2,1-4H3,(H,27,28,31,32);5-9,12,16,18,20,28H,10-11H2,1-4H3,(H,26,27,30,31);5-7,9-10,12,16,18,20,25H,3-4,8,11H2,1-2H3,(H,26,27,29,30);3-4,6,8-9,11,15,17,19,24H,5,7,10H2,1-2H3,(H,25,26,28,29)/t17-,19-,21?,38?;16-,18-,20?,37?;16-,18-,20?,36?;15-,17-,19?,35?/m1111/s1. The minimum Gasteiger partial charge on any atom is -0.385 e. The van der Waals surface area contributed by atoms with Gasteiger partial charge in [-0.1, -0.05) is 12.1 Å². The van der Waals surface area contributed by atoms with Crippen LogP contribution in [0.2, 0.25) is 0 Å². The Kier molecular flexibility index (Phi) is 29.9. The van der Waals surface area contributed by atoms with E-state index in [1.807, 2.05) is 18.2 Å². The molecule has 146 heavy (non-hydrogen) atoms. The van der Waals surface area contributed by atoms with E-state index in [4.69, 9.17) is 73.2 Å². The zero-order valence-corrected chi connectivity index (χ0v) is 83.7. The van der Waals surface area contributed by atoms with Crippen molar-refractivity contribution < 1.29 is 146 Å². The number of carbonyl (C=O) groups excluding carboxylic acids is 4. The third-order valence-electron chi connectivity index (χ3n) is 24.3. The van der Waals surface area contributed by atoms with Crippen molar-refractivity contribution in [3.05, 3.63) is 208 Å². The number of rotatable bonds is 20.